The normalized spacial score (nSPS) is 11.1. The van der Waals surface area contributed by atoms with Crippen molar-refractivity contribution in [3.63, 3.8) is 0 Å². The number of nitrogens with one attached hydrogen (secondary N) is 1. The smallest absolute Gasteiger partial charge is 0.311 e. The number of nitrogens with zero attached hydrogens (tertiary/aromatic N) is 2. The van der Waals surface area contributed by atoms with Crippen LogP contribution < -0.4 is 5.43 Å². The summed E-state index contributed by atoms with van der Waals surface area (Å²) in [5, 5.41) is 6.39. The molecule has 1 N–H and O–H groups in total. The number of hydrazone groups is 1. The van der Waals surface area contributed by atoms with Gasteiger partial charge in [-0.3, -0.25) is 10.2 Å². The van der Waals surface area contributed by atoms with Crippen LogP contribution >= 0.6 is 11.3 Å². The van der Waals surface area contributed by atoms with E-state index in [1.165, 1.54) is 36.5 Å². The summed E-state index contributed by atoms with van der Waals surface area (Å²) in [4.78, 5) is 15.7. The summed E-state index contributed by atoms with van der Waals surface area (Å²) < 4.78 is 24.6. The second-order valence-electron chi connectivity index (χ2n) is 6.46. The Bertz CT molecular complexity index is 795. The number of rotatable bonds is 13. The van der Waals surface area contributed by atoms with Gasteiger partial charge in [0, 0.05) is 17.6 Å². The first-order chi connectivity index (χ1) is 14.1. The van der Waals surface area contributed by atoms with Gasteiger partial charge in [-0.05, 0) is 25.0 Å². The van der Waals surface area contributed by atoms with Crippen LogP contribution in [0.15, 0.2) is 28.7 Å². The van der Waals surface area contributed by atoms with Gasteiger partial charge in [0.1, 0.15) is 5.82 Å². The van der Waals surface area contributed by atoms with Crippen LogP contribution in [0.3, 0.4) is 0 Å². The van der Waals surface area contributed by atoms with Gasteiger partial charge in [0.2, 0.25) is 5.13 Å². The molecule has 0 unspecified atom stereocenters. The van der Waals surface area contributed by atoms with Crippen molar-refractivity contribution >= 4 is 28.7 Å². The number of hydrogen-bond acceptors (Lipinski definition) is 7. The van der Waals surface area contributed by atoms with E-state index in [9.17, 15) is 9.18 Å². The van der Waals surface area contributed by atoms with Gasteiger partial charge in [0.15, 0.2) is 0 Å². The highest BCUT2D eigenvalue weighted by Crippen LogP contribution is 2.16. The molecule has 0 aliphatic rings. The van der Waals surface area contributed by atoms with Gasteiger partial charge in [-0.1, -0.05) is 38.3 Å². The predicted octanol–water partition coefficient (Wildman–Crippen LogP) is 4.93. The summed E-state index contributed by atoms with van der Waals surface area (Å²) in [6, 6.07) is 4.93. The number of halogens is 1. The molecule has 8 heteroatoms. The topological polar surface area (TPSA) is 72.8 Å². The van der Waals surface area contributed by atoms with E-state index in [4.69, 9.17) is 9.47 Å². The number of anilines is 1. The summed E-state index contributed by atoms with van der Waals surface area (Å²) in [5.74, 6) is -0.623. The molecule has 2 rings (SSSR count). The average molecular weight is 422 g/mol. The third-order valence-corrected chi connectivity index (χ3v) is 4.83. The van der Waals surface area contributed by atoms with Crippen LogP contribution in [0, 0.1) is 5.82 Å². The summed E-state index contributed by atoms with van der Waals surface area (Å²) in [6.45, 7) is 5.20. The molecule has 6 nitrogen and oxygen atoms in total. The van der Waals surface area contributed by atoms with Crippen molar-refractivity contribution < 1.29 is 18.7 Å². The zero-order chi connectivity index (χ0) is 20.9. The molecule has 0 amide bonds. The van der Waals surface area contributed by atoms with E-state index in [1.54, 1.807) is 24.4 Å². The fourth-order valence-corrected chi connectivity index (χ4v) is 3.19. The number of thiazole rings is 1. The zero-order valence-electron chi connectivity index (χ0n) is 16.9. The van der Waals surface area contributed by atoms with E-state index < -0.39 is 0 Å². The Kier molecular flexibility index (Phi) is 10.3. The molecule has 0 saturated heterocycles. The van der Waals surface area contributed by atoms with E-state index in [0.29, 0.717) is 35.2 Å². The highest BCUT2D eigenvalue weighted by atomic mass is 32.1. The lowest BCUT2D eigenvalue weighted by atomic mass is 10.1. The number of ether oxygens (including phenoxy) is 2. The van der Waals surface area contributed by atoms with Crippen LogP contribution in [0.25, 0.3) is 0 Å². The number of carbonyl (C=O) groups is 1. The Labute approximate surface area is 175 Å². The van der Waals surface area contributed by atoms with Crippen molar-refractivity contribution in [1.82, 2.24) is 4.98 Å². The summed E-state index contributed by atoms with van der Waals surface area (Å²) in [6.07, 6.45) is 6.18. The molecule has 1 aromatic heterocycles. The Hall–Kier alpha value is -2.32. The first kappa shape index (κ1) is 23.0. The molecular formula is C21H28FN3O3S. The zero-order valence-corrected chi connectivity index (χ0v) is 17.8. The fourth-order valence-electron chi connectivity index (χ4n) is 2.54. The lowest BCUT2D eigenvalue weighted by molar-refractivity contribution is -0.142. The van der Waals surface area contributed by atoms with Crippen molar-refractivity contribution in [3.05, 3.63) is 46.2 Å². The lowest BCUT2D eigenvalue weighted by Gasteiger charge is -2.06. The van der Waals surface area contributed by atoms with E-state index in [1.807, 2.05) is 0 Å². The van der Waals surface area contributed by atoms with Crippen LogP contribution in [-0.4, -0.2) is 30.4 Å². The van der Waals surface area contributed by atoms with Crippen LogP contribution in [0.4, 0.5) is 9.52 Å². The van der Waals surface area contributed by atoms with Gasteiger partial charge >= 0.3 is 5.97 Å². The lowest BCUT2D eigenvalue weighted by Crippen LogP contribution is -2.07. The average Bonchev–Trinajstić information content (AvgIpc) is 3.13. The largest absolute Gasteiger partial charge is 0.466 e. The molecule has 1 heterocycles. The quantitative estimate of drug-likeness (QED) is 0.215. The molecule has 0 bridgehead atoms. The minimum atomic E-state index is -0.312. The Morgan fingerprint density at radius 1 is 1.31 bits per heavy atom. The molecule has 0 atom stereocenters. The molecule has 0 saturated carbocycles. The summed E-state index contributed by atoms with van der Waals surface area (Å²) >= 11 is 1.33. The van der Waals surface area contributed by atoms with Crippen molar-refractivity contribution in [2.24, 2.45) is 5.10 Å². The number of hydrogen-bond donors (Lipinski definition) is 1. The standard InChI is InChI=1S/C21H28FN3O3S/c1-3-5-6-7-10-27-14-17-9-8-16(11-19(17)22)13-23-25-21-24-18(15-29-21)12-20(26)28-4-2/h8-9,11,13,15H,3-7,10,12,14H2,1-2H3,(H,24,25). The monoisotopic (exact) mass is 421 g/mol. The van der Waals surface area contributed by atoms with Crippen molar-refractivity contribution in [1.29, 1.82) is 0 Å². The minimum absolute atomic E-state index is 0.128. The van der Waals surface area contributed by atoms with Crippen molar-refractivity contribution in [3.8, 4) is 0 Å². The SMILES string of the molecule is CCCCCCOCc1ccc(C=NNc2nc(CC(=O)OCC)cs2)cc1F. The molecule has 1 aromatic carbocycles. The third-order valence-electron chi connectivity index (χ3n) is 4.03. The van der Waals surface area contributed by atoms with Gasteiger partial charge in [0.05, 0.1) is 31.5 Å². The van der Waals surface area contributed by atoms with E-state index in [2.05, 4.69) is 22.4 Å². The molecular weight excluding hydrogens is 393 g/mol. The van der Waals surface area contributed by atoms with Gasteiger partial charge in [-0.2, -0.15) is 5.10 Å². The van der Waals surface area contributed by atoms with Crippen LogP contribution in [0.5, 0.6) is 0 Å². The van der Waals surface area contributed by atoms with Crippen molar-refractivity contribution in [2.45, 2.75) is 52.6 Å². The Morgan fingerprint density at radius 3 is 2.93 bits per heavy atom. The minimum Gasteiger partial charge on any atom is -0.466 e. The Balaban J connectivity index is 1.78. The molecule has 158 valence electrons. The number of benzene rings is 1. The maximum Gasteiger partial charge on any atom is 0.311 e. The molecule has 0 aliphatic heterocycles. The van der Waals surface area contributed by atoms with Crippen LogP contribution in [0.1, 0.15) is 56.4 Å². The van der Waals surface area contributed by atoms with E-state index >= 15 is 0 Å². The molecule has 29 heavy (non-hydrogen) atoms. The number of aromatic nitrogens is 1. The van der Waals surface area contributed by atoms with Crippen LogP contribution in [0.2, 0.25) is 0 Å². The van der Waals surface area contributed by atoms with E-state index in [-0.39, 0.29) is 24.8 Å². The molecule has 2 aromatic rings. The first-order valence-corrected chi connectivity index (χ1v) is 10.8. The number of carbonyl (C=O) groups excluding carboxylic acids is 1. The molecule has 0 aliphatic carbocycles. The van der Waals surface area contributed by atoms with Gasteiger partial charge in [0.25, 0.3) is 0 Å². The summed E-state index contributed by atoms with van der Waals surface area (Å²) in [5.41, 5.74) is 4.58. The maximum atomic E-state index is 14.2. The van der Waals surface area contributed by atoms with Crippen LogP contribution in [-0.2, 0) is 27.3 Å². The van der Waals surface area contributed by atoms with E-state index in [0.717, 1.165) is 12.8 Å². The molecule has 0 fully saturated rings. The third kappa shape index (κ3) is 8.70. The molecule has 0 radical (unpaired) electrons. The summed E-state index contributed by atoms with van der Waals surface area (Å²) in [7, 11) is 0. The molecule has 0 spiro atoms. The first-order valence-electron chi connectivity index (χ1n) is 9.87. The van der Waals surface area contributed by atoms with Gasteiger partial charge in [-0.25, -0.2) is 9.37 Å². The van der Waals surface area contributed by atoms with Gasteiger partial charge < -0.3 is 9.47 Å². The number of esters is 1. The Morgan fingerprint density at radius 2 is 2.17 bits per heavy atom. The highest BCUT2D eigenvalue weighted by Gasteiger charge is 2.08. The number of unbranched alkanes of at least 4 members (excludes halogenated alkanes) is 3. The maximum absolute atomic E-state index is 14.2. The second kappa shape index (κ2) is 13.0. The predicted molar refractivity (Wildman–Crippen MR) is 114 cm³/mol. The highest BCUT2D eigenvalue weighted by molar-refractivity contribution is 7.13. The van der Waals surface area contributed by atoms with Crippen molar-refractivity contribution in [2.75, 3.05) is 18.6 Å². The fraction of sp³-hybridized carbons (Fsp3) is 0.476. The second-order valence-corrected chi connectivity index (χ2v) is 7.32. The van der Waals surface area contributed by atoms with Gasteiger partial charge in [-0.15, -0.1) is 11.3 Å².